The lowest BCUT2D eigenvalue weighted by Crippen LogP contribution is -2.65. The minimum absolute atomic E-state index is 0.103. The molecule has 8 heteroatoms. The van der Waals surface area contributed by atoms with Crippen molar-refractivity contribution in [1.29, 1.82) is 0 Å². The van der Waals surface area contributed by atoms with Gasteiger partial charge in [-0.3, -0.25) is 9.59 Å². The summed E-state index contributed by atoms with van der Waals surface area (Å²) < 4.78 is 17.5. The number of carbonyl (C=O) groups is 2. The fourth-order valence-corrected chi connectivity index (χ4v) is 4.93. The zero-order valence-corrected chi connectivity index (χ0v) is 24.9. The number of hydrogen-bond acceptors (Lipinski definition) is 7. The molecule has 8 nitrogen and oxygen atoms in total. The fraction of sp³-hybridized carbons (Fsp3) is 0.871. The highest BCUT2D eigenvalue weighted by Crippen LogP contribution is 2.25. The quantitative estimate of drug-likeness (QED) is 0.0792. The van der Waals surface area contributed by atoms with Crippen molar-refractivity contribution in [3.8, 4) is 0 Å². The molecular formula is C31H57NO7. The van der Waals surface area contributed by atoms with Gasteiger partial charge in [0.15, 0.2) is 0 Å². The third-order valence-electron chi connectivity index (χ3n) is 7.26. The van der Waals surface area contributed by atoms with Crippen molar-refractivity contribution < 1.29 is 34.0 Å². The van der Waals surface area contributed by atoms with E-state index in [-0.39, 0.29) is 12.2 Å². The average Bonchev–Trinajstić information content (AvgIpc) is 2.92. The molecule has 0 aromatic carbocycles. The SMILES string of the molecule is C/C=C\O[C@H]1O[C@H](CO)[C@@H](O)[C@H](OCCCCCCCCCC)[C@H]1NC(=O)CC(=O)CCCCCCCCC. The Bertz CT molecular complexity index is 657. The number of ether oxygens (including phenoxy) is 3. The molecule has 0 spiro atoms. The van der Waals surface area contributed by atoms with Gasteiger partial charge in [-0.05, 0) is 19.8 Å². The number of carbonyl (C=O) groups excluding carboxylic acids is 2. The molecule has 0 saturated carbocycles. The van der Waals surface area contributed by atoms with E-state index in [0.29, 0.717) is 13.0 Å². The van der Waals surface area contributed by atoms with Crippen LogP contribution in [0.15, 0.2) is 12.3 Å². The van der Waals surface area contributed by atoms with Crippen LogP contribution in [0.4, 0.5) is 0 Å². The minimum atomic E-state index is -1.15. The maximum absolute atomic E-state index is 12.8. The second-order valence-electron chi connectivity index (χ2n) is 10.8. The summed E-state index contributed by atoms with van der Waals surface area (Å²) in [5.41, 5.74) is 0. The first-order valence-electron chi connectivity index (χ1n) is 15.6. The van der Waals surface area contributed by atoms with Crippen molar-refractivity contribution in [1.82, 2.24) is 5.32 Å². The third kappa shape index (κ3) is 15.8. The molecule has 3 N–H and O–H groups in total. The summed E-state index contributed by atoms with van der Waals surface area (Å²) in [5.74, 6) is -0.546. The molecule has 1 heterocycles. The second kappa shape index (κ2) is 23.2. The van der Waals surface area contributed by atoms with E-state index in [1.807, 2.05) is 0 Å². The van der Waals surface area contributed by atoms with Crippen LogP contribution < -0.4 is 5.32 Å². The number of rotatable bonds is 24. The summed E-state index contributed by atoms with van der Waals surface area (Å²) in [7, 11) is 0. The average molecular weight is 556 g/mol. The van der Waals surface area contributed by atoms with Crippen LogP contribution in [-0.4, -0.2) is 65.8 Å². The van der Waals surface area contributed by atoms with Crippen molar-refractivity contribution in [3.63, 3.8) is 0 Å². The Balaban J connectivity index is 2.62. The first kappa shape index (κ1) is 35.5. The number of aliphatic hydroxyl groups is 2. The third-order valence-corrected chi connectivity index (χ3v) is 7.26. The summed E-state index contributed by atoms with van der Waals surface area (Å²) >= 11 is 0. The van der Waals surface area contributed by atoms with Crippen molar-refractivity contribution in [3.05, 3.63) is 12.3 Å². The van der Waals surface area contributed by atoms with Crippen LogP contribution in [0, 0.1) is 0 Å². The van der Waals surface area contributed by atoms with Gasteiger partial charge in [-0.2, -0.15) is 0 Å². The monoisotopic (exact) mass is 555 g/mol. The van der Waals surface area contributed by atoms with E-state index in [2.05, 4.69) is 19.2 Å². The Kier molecular flexibility index (Phi) is 21.2. The minimum Gasteiger partial charge on any atom is -0.471 e. The van der Waals surface area contributed by atoms with E-state index < -0.39 is 43.2 Å². The van der Waals surface area contributed by atoms with E-state index in [1.54, 1.807) is 13.0 Å². The molecule has 1 fully saturated rings. The van der Waals surface area contributed by atoms with E-state index in [4.69, 9.17) is 14.2 Å². The lowest BCUT2D eigenvalue weighted by molar-refractivity contribution is -0.263. The topological polar surface area (TPSA) is 114 Å². The Hall–Kier alpha value is -1.48. The van der Waals surface area contributed by atoms with Crippen LogP contribution in [-0.2, 0) is 23.8 Å². The largest absolute Gasteiger partial charge is 0.471 e. The second-order valence-corrected chi connectivity index (χ2v) is 10.8. The molecule has 1 rings (SSSR count). The first-order chi connectivity index (χ1) is 19.0. The van der Waals surface area contributed by atoms with Crippen molar-refractivity contribution >= 4 is 11.7 Å². The van der Waals surface area contributed by atoms with Gasteiger partial charge in [-0.1, -0.05) is 103 Å². The molecule has 1 aliphatic heterocycles. The molecule has 5 atom stereocenters. The number of nitrogens with one attached hydrogen (secondary N) is 1. The van der Waals surface area contributed by atoms with Gasteiger partial charge in [0, 0.05) is 13.0 Å². The number of Topliss-reactive ketones (excluding diaryl/α,β-unsaturated/α-hetero) is 1. The molecule has 0 aromatic rings. The van der Waals surface area contributed by atoms with Gasteiger partial charge in [-0.15, -0.1) is 0 Å². The lowest BCUT2D eigenvalue weighted by Gasteiger charge is -2.43. The Labute approximate surface area is 237 Å². The predicted octanol–water partition coefficient (Wildman–Crippen LogP) is 5.73. The number of allylic oxidation sites excluding steroid dienone is 1. The van der Waals surface area contributed by atoms with Gasteiger partial charge < -0.3 is 29.7 Å². The van der Waals surface area contributed by atoms with Gasteiger partial charge in [0.25, 0.3) is 0 Å². The number of hydrogen-bond donors (Lipinski definition) is 3. The Morgan fingerprint density at radius 1 is 0.872 bits per heavy atom. The highest BCUT2D eigenvalue weighted by atomic mass is 16.7. The van der Waals surface area contributed by atoms with E-state index >= 15 is 0 Å². The summed E-state index contributed by atoms with van der Waals surface area (Å²) in [6.07, 6.45) is 16.5. The number of aliphatic hydroxyl groups excluding tert-OH is 2. The van der Waals surface area contributed by atoms with Gasteiger partial charge in [-0.25, -0.2) is 0 Å². The van der Waals surface area contributed by atoms with Gasteiger partial charge in [0.05, 0.1) is 19.3 Å². The van der Waals surface area contributed by atoms with E-state index in [9.17, 15) is 19.8 Å². The smallest absolute Gasteiger partial charge is 0.227 e. The van der Waals surface area contributed by atoms with Gasteiger partial charge in [0.2, 0.25) is 12.2 Å². The zero-order valence-electron chi connectivity index (χ0n) is 24.9. The fourth-order valence-electron chi connectivity index (χ4n) is 4.93. The van der Waals surface area contributed by atoms with Crippen molar-refractivity contribution in [2.24, 2.45) is 0 Å². The van der Waals surface area contributed by atoms with Crippen LogP contribution in [0.1, 0.15) is 130 Å². The summed E-state index contributed by atoms with van der Waals surface area (Å²) in [6.45, 7) is 6.19. The summed E-state index contributed by atoms with van der Waals surface area (Å²) in [6, 6.07) is -0.827. The molecule has 0 bridgehead atoms. The summed E-state index contributed by atoms with van der Waals surface area (Å²) in [5, 5.41) is 23.5. The molecule has 0 aromatic heterocycles. The first-order valence-corrected chi connectivity index (χ1v) is 15.6. The number of amides is 1. The maximum Gasteiger partial charge on any atom is 0.227 e. The number of ketones is 1. The molecule has 1 saturated heterocycles. The van der Waals surface area contributed by atoms with Crippen molar-refractivity contribution in [2.75, 3.05) is 13.2 Å². The molecule has 1 amide bonds. The van der Waals surface area contributed by atoms with E-state index in [0.717, 1.165) is 38.5 Å². The molecule has 0 radical (unpaired) electrons. The van der Waals surface area contributed by atoms with Crippen LogP contribution in [0.25, 0.3) is 0 Å². The highest BCUT2D eigenvalue weighted by molar-refractivity contribution is 5.98. The molecule has 228 valence electrons. The van der Waals surface area contributed by atoms with Gasteiger partial charge >= 0.3 is 0 Å². The molecular weight excluding hydrogens is 498 g/mol. The number of unbranched alkanes of at least 4 members (excludes halogenated alkanes) is 13. The Morgan fingerprint density at radius 3 is 2.00 bits per heavy atom. The van der Waals surface area contributed by atoms with Crippen LogP contribution in [0.5, 0.6) is 0 Å². The highest BCUT2D eigenvalue weighted by Gasteiger charge is 2.47. The maximum atomic E-state index is 12.8. The predicted molar refractivity (Wildman–Crippen MR) is 154 cm³/mol. The lowest BCUT2D eigenvalue weighted by atomic mass is 9.96. The summed E-state index contributed by atoms with van der Waals surface area (Å²) in [4.78, 5) is 25.3. The molecule has 0 aliphatic carbocycles. The van der Waals surface area contributed by atoms with Gasteiger partial charge in [0.1, 0.15) is 30.1 Å². The van der Waals surface area contributed by atoms with E-state index in [1.165, 1.54) is 64.0 Å². The molecule has 1 aliphatic rings. The van der Waals surface area contributed by atoms with Crippen LogP contribution in [0.2, 0.25) is 0 Å². The van der Waals surface area contributed by atoms with Crippen molar-refractivity contribution in [2.45, 2.75) is 161 Å². The normalized spacial score (nSPS) is 23.3. The van der Waals surface area contributed by atoms with Crippen LogP contribution in [0.3, 0.4) is 0 Å². The Morgan fingerprint density at radius 2 is 1.44 bits per heavy atom. The zero-order chi connectivity index (χ0) is 28.7. The standard InChI is InChI=1S/C31H57NO7/c1-4-7-9-11-13-15-17-19-22-37-30-28(31(38-21-6-3)39-26(24-33)29(30)36)32-27(35)23-25(34)20-18-16-14-12-10-8-5-2/h6,21,26,28-31,33,36H,4-5,7-20,22-24H2,1-3H3,(H,32,35)/b21-6-/t26-,28-,29-,30-,31+/m1/s1. The molecule has 0 unspecified atom stereocenters. The van der Waals surface area contributed by atoms with Crippen LogP contribution >= 0.6 is 0 Å². The molecule has 39 heavy (non-hydrogen) atoms.